The van der Waals surface area contributed by atoms with Crippen LogP contribution in [0.2, 0.25) is 0 Å². The van der Waals surface area contributed by atoms with Gasteiger partial charge in [0.2, 0.25) is 5.91 Å². The number of likely N-dealkylation sites (tertiary alicyclic amines) is 1. The number of H-pyrrole nitrogens is 1. The minimum atomic E-state index is 0.00376. The quantitative estimate of drug-likeness (QED) is 0.454. The van der Waals surface area contributed by atoms with Crippen molar-refractivity contribution in [1.82, 2.24) is 20.2 Å². The van der Waals surface area contributed by atoms with Crippen LogP contribution in [0.25, 0.3) is 11.4 Å². The smallest absolute Gasteiger partial charge is 0.224 e. The number of carbonyl (C=O) groups is 1. The third kappa shape index (κ3) is 6.68. The summed E-state index contributed by atoms with van der Waals surface area (Å²) < 4.78 is 6.08. The molecular weight excluding hydrogens is 412 g/mol. The zero-order valence-electron chi connectivity index (χ0n) is 19.5. The highest BCUT2D eigenvalue weighted by Crippen LogP contribution is 2.24. The zero-order chi connectivity index (χ0) is 22.9. The Labute approximate surface area is 196 Å². The summed E-state index contributed by atoms with van der Waals surface area (Å²) in [5.74, 6) is 1.77. The molecule has 1 fully saturated rings. The van der Waals surface area contributed by atoms with Crippen LogP contribution in [-0.2, 0) is 24.2 Å². The summed E-state index contributed by atoms with van der Waals surface area (Å²) in [6, 6.07) is 14.7. The van der Waals surface area contributed by atoms with Crippen molar-refractivity contribution in [3.8, 4) is 17.1 Å². The highest BCUT2D eigenvalue weighted by molar-refractivity contribution is 5.79. The van der Waals surface area contributed by atoms with Gasteiger partial charge in [-0.05, 0) is 73.7 Å². The van der Waals surface area contributed by atoms with Gasteiger partial charge in [-0.25, -0.2) is 4.98 Å². The van der Waals surface area contributed by atoms with E-state index in [1.54, 1.807) is 13.2 Å². The monoisotopic (exact) mass is 446 g/mol. The van der Waals surface area contributed by atoms with Gasteiger partial charge in [-0.3, -0.25) is 9.69 Å². The van der Waals surface area contributed by atoms with Crippen molar-refractivity contribution >= 4 is 5.91 Å². The molecule has 1 aliphatic rings. The molecule has 2 aromatic carbocycles. The number of aromatic nitrogens is 2. The molecule has 1 amide bonds. The maximum absolute atomic E-state index is 11.8. The van der Waals surface area contributed by atoms with E-state index in [1.807, 2.05) is 18.3 Å². The molecule has 0 aliphatic carbocycles. The van der Waals surface area contributed by atoms with Crippen LogP contribution in [0.5, 0.6) is 5.75 Å². The number of amides is 1. The van der Waals surface area contributed by atoms with Gasteiger partial charge < -0.3 is 15.0 Å². The average molecular weight is 447 g/mol. The molecule has 6 heteroatoms. The number of carbonyl (C=O) groups excluding carboxylic acids is 1. The first-order valence-electron chi connectivity index (χ1n) is 12.0. The van der Waals surface area contributed by atoms with Crippen molar-refractivity contribution in [2.75, 3.05) is 26.7 Å². The predicted molar refractivity (Wildman–Crippen MR) is 131 cm³/mol. The fourth-order valence-corrected chi connectivity index (χ4v) is 4.42. The summed E-state index contributed by atoms with van der Waals surface area (Å²) in [7, 11) is 1.66. The van der Waals surface area contributed by atoms with Crippen LogP contribution in [0.4, 0.5) is 0 Å². The summed E-state index contributed by atoms with van der Waals surface area (Å²) in [6.45, 7) is 4.06. The number of likely N-dealkylation sites (N-methyl/N-ethyl adjacent to an activating group) is 1. The standard InChI is InChI=1S/C27H34N4O2/c1-28-26(32)19-21-10-11-23(25(18-21)27-29-12-13-30-27)8-6-16-33-24-9-5-7-22(17-24)20-31-14-3-2-4-15-31/h5,7,9-13,17-18H,2-4,6,8,14-16,19-20H2,1H3,(H,28,32)(H,29,30). The highest BCUT2D eigenvalue weighted by Gasteiger charge is 2.12. The Morgan fingerprint density at radius 2 is 2.00 bits per heavy atom. The van der Waals surface area contributed by atoms with E-state index in [1.165, 1.54) is 43.5 Å². The molecule has 0 saturated carbocycles. The Hall–Kier alpha value is -3.12. The zero-order valence-corrected chi connectivity index (χ0v) is 19.5. The van der Waals surface area contributed by atoms with Crippen LogP contribution in [0.3, 0.4) is 0 Å². The maximum atomic E-state index is 11.8. The van der Waals surface area contributed by atoms with Crippen LogP contribution in [0.15, 0.2) is 54.9 Å². The van der Waals surface area contributed by atoms with Gasteiger partial charge in [0.15, 0.2) is 0 Å². The largest absolute Gasteiger partial charge is 0.494 e. The van der Waals surface area contributed by atoms with Gasteiger partial charge >= 0.3 is 0 Å². The van der Waals surface area contributed by atoms with Gasteiger partial charge in [0.25, 0.3) is 0 Å². The normalized spacial score (nSPS) is 14.2. The fourth-order valence-electron chi connectivity index (χ4n) is 4.42. The topological polar surface area (TPSA) is 70.2 Å². The number of rotatable bonds is 10. The lowest BCUT2D eigenvalue weighted by Crippen LogP contribution is -2.29. The van der Waals surface area contributed by atoms with Crippen LogP contribution >= 0.6 is 0 Å². The SMILES string of the molecule is CNC(=O)Cc1ccc(CCCOc2cccc(CN3CCCCC3)c2)c(-c2ncc[nH]2)c1. The van der Waals surface area contributed by atoms with Gasteiger partial charge in [0.1, 0.15) is 11.6 Å². The Morgan fingerprint density at radius 1 is 1.12 bits per heavy atom. The Bertz CT molecular complexity index is 1030. The molecule has 0 atom stereocenters. The molecule has 1 aliphatic heterocycles. The molecular formula is C27H34N4O2. The third-order valence-corrected chi connectivity index (χ3v) is 6.18. The van der Waals surface area contributed by atoms with Crippen molar-refractivity contribution < 1.29 is 9.53 Å². The second kappa shape index (κ2) is 11.7. The molecule has 0 unspecified atom stereocenters. The van der Waals surface area contributed by atoms with E-state index in [0.717, 1.165) is 42.1 Å². The third-order valence-electron chi connectivity index (χ3n) is 6.18. The summed E-state index contributed by atoms with van der Waals surface area (Å²) >= 11 is 0. The van der Waals surface area contributed by atoms with Crippen molar-refractivity contribution in [1.29, 1.82) is 0 Å². The maximum Gasteiger partial charge on any atom is 0.224 e. The second-order valence-electron chi connectivity index (χ2n) is 8.72. The highest BCUT2D eigenvalue weighted by atomic mass is 16.5. The van der Waals surface area contributed by atoms with Gasteiger partial charge in [0, 0.05) is 31.5 Å². The van der Waals surface area contributed by atoms with E-state index in [9.17, 15) is 4.79 Å². The van der Waals surface area contributed by atoms with Gasteiger partial charge in [-0.1, -0.05) is 30.7 Å². The van der Waals surface area contributed by atoms with E-state index in [0.29, 0.717) is 13.0 Å². The molecule has 0 bridgehead atoms. The lowest BCUT2D eigenvalue weighted by Gasteiger charge is -2.26. The van der Waals surface area contributed by atoms with Gasteiger partial charge in [0.05, 0.1) is 13.0 Å². The van der Waals surface area contributed by atoms with Crippen molar-refractivity contribution in [2.24, 2.45) is 0 Å². The van der Waals surface area contributed by atoms with Crippen molar-refractivity contribution in [3.63, 3.8) is 0 Å². The van der Waals surface area contributed by atoms with E-state index in [4.69, 9.17) is 4.74 Å². The molecule has 3 aromatic rings. The number of ether oxygens (including phenoxy) is 1. The molecule has 1 aromatic heterocycles. The van der Waals surface area contributed by atoms with Crippen LogP contribution in [-0.4, -0.2) is 47.5 Å². The van der Waals surface area contributed by atoms with Crippen molar-refractivity contribution in [3.05, 3.63) is 71.5 Å². The fraction of sp³-hybridized carbons (Fsp3) is 0.407. The van der Waals surface area contributed by atoms with Crippen LogP contribution in [0.1, 0.15) is 42.4 Å². The van der Waals surface area contributed by atoms with Gasteiger partial charge in [-0.15, -0.1) is 0 Å². The van der Waals surface area contributed by atoms with E-state index < -0.39 is 0 Å². The molecule has 2 heterocycles. The first-order valence-corrected chi connectivity index (χ1v) is 12.0. The Kier molecular flexibility index (Phi) is 8.14. The second-order valence-corrected chi connectivity index (χ2v) is 8.72. The van der Waals surface area contributed by atoms with Crippen LogP contribution in [0, 0.1) is 0 Å². The van der Waals surface area contributed by atoms with E-state index in [-0.39, 0.29) is 5.91 Å². The first-order chi connectivity index (χ1) is 16.2. The van der Waals surface area contributed by atoms with E-state index >= 15 is 0 Å². The number of aryl methyl sites for hydroxylation is 1. The molecule has 6 nitrogen and oxygen atoms in total. The first kappa shape index (κ1) is 23.1. The Balaban J connectivity index is 1.34. The molecule has 4 rings (SSSR count). The number of aromatic amines is 1. The van der Waals surface area contributed by atoms with E-state index in [2.05, 4.69) is 50.5 Å². The molecule has 2 N–H and O–H groups in total. The number of imidazole rings is 1. The minimum absolute atomic E-state index is 0.00376. The lowest BCUT2D eigenvalue weighted by atomic mass is 9.98. The van der Waals surface area contributed by atoms with Gasteiger partial charge in [-0.2, -0.15) is 0 Å². The minimum Gasteiger partial charge on any atom is -0.494 e. The molecule has 33 heavy (non-hydrogen) atoms. The number of nitrogens with zero attached hydrogens (tertiary/aromatic N) is 2. The summed E-state index contributed by atoms with van der Waals surface area (Å²) in [4.78, 5) is 22.0. The molecule has 0 radical (unpaired) electrons. The van der Waals surface area contributed by atoms with Crippen LogP contribution < -0.4 is 10.1 Å². The predicted octanol–water partition coefficient (Wildman–Crippen LogP) is 4.36. The molecule has 1 saturated heterocycles. The lowest BCUT2D eigenvalue weighted by molar-refractivity contribution is -0.119. The Morgan fingerprint density at radius 3 is 2.79 bits per heavy atom. The summed E-state index contributed by atoms with van der Waals surface area (Å²) in [5.41, 5.74) is 4.55. The number of piperidine rings is 1. The summed E-state index contributed by atoms with van der Waals surface area (Å²) in [5, 5.41) is 2.68. The van der Waals surface area contributed by atoms with Crippen molar-refractivity contribution in [2.45, 2.75) is 45.1 Å². The number of hydrogen-bond donors (Lipinski definition) is 2. The molecule has 174 valence electrons. The molecule has 0 spiro atoms. The summed E-state index contributed by atoms with van der Waals surface area (Å²) in [6.07, 6.45) is 9.70. The number of hydrogen-bond acceptors (Lipinski definition) is 4. The number of nitrogens with one attached hydrogen (secondary N) is 2. The average Bonchev–Trinajstić information content (AvgIpc) is 3.38. The number of benzene rings is 2.